The van der Waals surface area contributed by atoms with Crippen LogP contribution in [0.15, 0.2) is 10.7 Å². The van der Waals surface area contributed by atoms with E-state index in [1.165, 1.54) is 148 Å². The van der Waals surface area contributed by atoms with E-state index in [1.54, 1.807) is 6.92 Å². The molecule has 1 aromatic heterocycles. The summed E-state index contributed by atoms with van der Waals surface area (Å²) in [4.78, 5) is 24.8. The Hall–Kier alpha value is -1.78. The van der Waals surface area contributed by atoms with Crippen LogP contribution in [0.3, 0.4) is 0 Å². The summed E-state index contributed by atoms with van der Waals surface area (Å²) in [6.07, 6.45) is 38.0. The molecule has 0 saturated heterocycles. The molecule has 0 radical (unpaired) electrons. The van der Waals surface area contributed by atoms with Crippen LogP contribution in [0.1, 0.15) is 212 Å². The number of furan rings is 1. The standard InChI is InChI=1S/C39H70O5/c1-4-6-8-10-12-14-16-18-20-22-24-26-28-30-32-37(40)43-36-34-42-35(3)39(36)44-38(41)33-31-29-27-25-23-21-19-17-15-13-11-9-7-5-2/h34H,4-33H2,1-3H3. The van der Waals surface area contributed by atoms with Crippen LogP contribution >= 0.6 is 0 Å². The van der Waals surface area contributed by atoms with Crippen LogP contribution in [0.4, 0.5) is 0 Å². The van der Waals surface area contributed by atoms with Crippen molar-refractivity contribution < 1.29 is 23.5 Å². The molecule has 0 aliphatic heterocycles. The van der Waals surface area contributed by atoms with Gasteiger partial charge >= 0.3 is 11.9 Å². The summed E-state index contributed by atoms with van der Waals surface area (Å²) in [5.74, 6) is 0.326. The number of carbonyl (C=O) groups excluding carboxylic acids is 2. The van der Waals surface area contributed by atoms with E-state index in [4.69, 9.17) is 13.9 Å². The lowest BCUT2D eigenvalue weighted by Gasteiger charge is -2.07. The Morgan fingerprint density at radius 3 is 1.11 bits per heavy atom. The predicted octanol–water partition coefficient (Wildman–Crippen LogP) is 13.1. The van der Waals surface area contributed by atoms with Gasteiger partial charge in [0.1, 0.15) is 12.0 Å². The highest BCUT2D eigenvalue weighted by molar-refractivity contribution is 5.76. The Morgan fingerprint density at radius 1 is 0.477 bits per heavy atom. The number of esters is 2. The first-order valence-electron chi connectivity index (χ1n) is 19.1. The van der Waals surface area contributed by atoms with Crippen LogP contribution in [-0.4, -0.2) is 11.9 Å². The fourth-order valence-corrected chi connectivity index (χ4v) is 5.88. The number of carbonyl (C=O) groups is 2. The first kappa shape index (κ1) is 40.2. The SMILES string of the molecule is CCCCCCCCCCCCCCCCC(=O)Oc1coc(C)c1OC(=O)CCCCCCCCCCCCCCCC. The number of rotatable bonds is 32. The molecule has 1 aromatic rings. The van der Waals surface area contributed by atoms with Crippen molar-refractivity contribution >= 4 is 11.9 Å². The van der Waals surface area contributed by atoms with Gasteiger partial charge < -0.3 is 13.9 Å². The lowest BCUT2D eigenvalue weighted by molar-refractivity contribution is -0.137. The fraction of sp³-hybridized carbons (Fsp3) is 0.846. The second-order valence-corrected chi connectivity index (χ2v) is 13.1. The maximum atomic E-state index is 12.4. The molecule has 0 unspecified atom stereocenters. The molecule has 0 saturated carbocycles. The fourth-order valence-electron chi connectivity index (χ4n) is 5.88. The lowest BCUT2D eigenvalue weighted by atomic mass is 10.0. The van der Waals surface area contributed by atoms with Crippen LogP contribution in [-0.2, 0) is 9.59 Å². The van der Waals surface area contributed by atoms with E-state index in [-0.39, 0.29) is 23.4 Å². The molecule has 0 N–H and O–H groups in total. The predicted molar refractivity (Wildman–Crippen MR) is 185 cm³/mol. The van der Waals surface area contributed by atoms with E-state index >= 15 is 0 Å². The normalized spacial score (nSPS) is 11.2. The molecular weight excluding hydrogens is 548 g/mol. The minimum atomic E-state index is -0.297. The van der Waals surface area contributed by atoms with Crippen molar-refractivity contribution in [3.05, 3.63) is 12.0 Å². The largest absolute Gasteiger partial charge is 0.462 e. The van der Waals surface area contributed by atoms with E-state index < -0.39 is 0 Å². The second-order valence-electron chi connectivity index (χ2n) is 13.1. The Kier molecular flexibility index (Phi) is 27.4. The van der Waals surface area contributed by atoms with Gasteiger partial charge in [0.15, 0.2) is 0 Å². The van der Waals surface area contributed by atoms with Crippen molar-refractivity contribution in [2.24, 2.45) is 0 Å². The topological polar surface area (TPSA) is 65.7 Å². The Bertz CT molecular complexity index is 798. The van der Waals surface area contributed by atoms with E-state index in [0.717, 1.165) is 38.5 Å². The summed E-state index contributed by atoms with van der Waals surface area (Å²) >= 11 is 0. The third-order valence-electron chi connectivity index (χ3n) is 8.79. The minimum absolute atomic E-state index is 0.215. The summed E-state index contributed by atoms with van der Waals surface area (Å²) in [6.45, 7) is 6.26. The molecule has 44 heavy (non-hydrogen) atoms. The van der Waals surface area contributed by atoms with Crippen LogP contribution in [0.5, 0.6) is 11.5 Å². The maximum Gasteiger partial charge on any atom is 0.311 e. The van der Waals surface area contributed by atoms with Crippen LogP contribution in [0, 0.1) is 6.92 Å². The Morgan fingerprint density at radius 2 is 0.773 bits per heavy atom. The third kappa shape index (κ3) is 23.6. The number of ether oxygens (including phenoxy) is 2. The zero-order valence-corrected chi connectivity index (χ0v) is 29.3. The van der Waals surface area contributed by atoms with Crippen LogP contribution < -0.4 is 9.47 Å². The Labute approximate surface area is 272 Å². The zero-order chi connectivity index (χ0) is 31.9. The van der Waals surface area contributed by atoms with Gasteiger partial charge in [-0.05, 0) is 19.8 Å². The monoisotopic (exact) mass is 619 g/mol. The van der Waals surface area contributed by atoms with Crippen LogP contribution in [0.2, 0.25) is 0 Å². The Balaban J connectivity index is 2.03. The van der Waals surface area contributed by atoms with Crippen molar-refractivity contribution in [3.63, 3.8) is 0 Å². The van der Waals surface area contributed by atoms with Crippen molar-refractivity contribution in [3.8, 4) is 11.5 Å². The van der Waals surface area contributed by atoms with Gasteiger partial charge in [0.2, 0.25) is 11.5 Å². The van der Waals surface area contributed by atoms with Gasteiger partial charge in [-0.2, -0.15) is 0 Å². The van der Waals surface area contributed by atoms with Crippen molar-refractivity contribution in [1.82, 2.24) is 0 Å². The first-order chi connectivity index (χ1) is 21.6. The molecule has 0 bridgehead atoms. The van der Waals surface area contributed by atoms with Gasteiger partial charge in [0.25, 0.3) is 0 Å². The molecule has 5 nitrogen and oxygen atoms in total. The number of aryl methyl sites for hydroxylation is 1. The van der Waals surface area contributed by atoms with Gasteiger partial charge in [0, 0.05) is 12.8 Å². The highest BCUT2D eigenvalue weighted by Crippen LogP contribution is 2.34. The van der Waals surface area contributed by atoms with Gasteiger partial charge in [-0.3, -0.25) is 9.59 Å². The van der Waals surface area contributed by atoms with Crippen molar-refractivity contribution in [1.29, 1.82) is 0 Å². The molecule has 0 aromatic carbocycles. The molecule has 1 rings (SSSR count). The molecular formula is C39H70O5. The third-order valence-corrected chi connectivity index (χ3v) is 8.79. The summed E-state index contributed by atoms with van der Waals surface area (Å²) in [5.41, 5.74) is 0. The van der Waals surface area contributed by atoms with Gasteiger partial charge in [-0.25, -0.2) is 0 Å². The lowest BCUT2D eigenvalue weighted by Crippen LogP contribution is -2.11. The highest BCUT2D eigenvalue weighted by atomic mass is 16.6. The van der Waals surface area contributed by atoms with Crippen molar-refractivity contribution in [2.45, 2.75) is 213 Å². The quantitative estimate of drug-likeness (QED) is 0.0593. The smallest absolute Gasteiger partial charge is 0.311 e. The summed E-state index contributed by atoms with van der Waals surface area (Å²) in [7, 11) is 0. The maximum absolute atomic E-state index is 12.4. The summed E-state index contributed by atoms with van der Waals surface area (Å²) in [6, 6.07) is 0. The molecule has 5 heteroatoms. The molecule has 0 spiro atoms. The van der Waals surface area contributed by atoms with Gasteiger partial charge in [-0.15, -0.1) is 0 Å². The summed E-state index contributed by atoms with van der Waals surface area (Å²) < 4.78 is 16.4. The second kappa shape index (κ2) is 29.9. The van der Waals surface area contributed by atoms with Gasteiger partial charge in [0.05, 0.1) is 0 Å². The molecule has 0 amide bonds. The summed E-state index contributed by atoms with van der Waals surface area (Å²) in [5, 5.41) is 0. The van der Waals surface area contributed by atoms with E-state index in [0.29, 0.717) is 18.6 Å². The first-order valence-corrected chi connectivity index (χ1v) is 19.1. The molecule has 1 heterocycles. The van der Waals surface area contributed by atoms with Gasteiger partial charge in [-0.1, -0.05) is 181 Å². The average molecular weight is 619 g/mol. The van der Waals surface area contributed by atoms with Crippen LogP contribution in [0.25, 0.3) is 0 Å². The molecule has 0 aliphatic rings. The molecule has 0 fully saturated rings. The van der Waals surface area contributed by atoms with E-state index in [2.05, 4.69) is 13.8 Å². The molecule has 256 valence electrons. The number of hydrogen-bond acceptors (Lipinski definition) is 5. The highest BCUT2D eigenvalue weighted by Gasteiger charge is 2.19. The zero-order valence-electron chi connectivity index (χ0n) is 29.3. The number of hydrogen-bond donors (Lipinski definition) is 0. The van der Waals surface area contributed by atoms with E-state index in [1.807, 2.05) is 0 Å². The minimum Gasteiger partial charge on any atom is -0.462 e. The van der Waals surface area contributed by atoms with Crippen molar-refractivity contribution in [2.75, 3.05) is 0 Å². The average Bonchev–Trinajstić information content (AvgIpc) is 3.35. The molecule has 0 atom stereocenters. The molecule has 0 aliphatic carbocycles. The van der Waals surface area contributed by atoms with E-state index in [9.17, 15) is 9.59 Å². The number of unbranched alkanes of at least 4 members (excludes halogenated alkanes) is 26.